The van der Waals surface area contributed by atoms with Gasteiger partial charge in [-0.15, -0.1) is 0 Å². The van der Waals surface area contributed by atoms with Crippen molar-refractivity contribution in [1.29, 1.82) is 0 Å². The largest absolute Gasteiger partial charge is 0.396 e. The summed E-state index contributed by atoms with van der Waals surface area (Å²) < 4.78 is 0. The van der Waals surface area contributed by atoms with Gasteiger partial charge in [0.05, 0.1) is 0 Å². The van der Waals surface area contributed by atoms with Crippen molar-refractivity contribution in [2.75, 3.05) is 36.5 Å². The van der Waals surface area contributed by atoms with Crippen LogP contribution < -0.4 is 10.2 Å². The zero-order valence-electron chi connectivity index (χ0n) is 12.6. The van der Waals surface area contributed by atoms with Crippen molar-refractivity contribution >= 4 is 23.5 Å². The molecular weight excluding hydrogens is 290 g/mol. The van der Waals surface area contributed by atoms with Gasteiger partial charge in [0.1, 0.15) is 0 Å². The highest BCUT2D eigenvalue weighted by molar-refractivity contribution is 6.28. The number of piperidine rings is 1. The summed E-state index contributed by atoms with van der Waals surface area (Å²) in [5, 5.41) is 12.4. The van der Waals surface area contributed by atoms with E-state index in [1.807, 2.05) is 6.92 Å². The Balaban J connectivity index is 1.89. The van der Waals surface area contributed by atoms with Crippen LogP contribution in [0.25, 0.3) is 0 Å². The number of aliphatic hydroxyl groups excluding tert-OH is 1. The van der Waals surface area contributed by atoms with Gasteiger partial charge in [-0.25, -0.2) is 0 Å². The van der Waals surface area contributed by atoms with E-state index in [1.54, 1.807) is 0 Å². The summed E-state index contributed by atoms with van der Waals surface area (Å²) in [5.41, 5.74) is 0. The second-order valence-electron chi connectivity index (χ2n) is 5.63. The maximum Gasteiger partial charge on any atom is 0.231 e. The fraction of sp³-hybridized carbons (Fsp3) is 0.786. The lowest BCUT2D eigenvalue weighted by Crippen LogP contribution is -2.31. The minimum absolute atomic E-state index is 0.233. The number of nitrogens with zero attached hydrogens (tertiary/aromatic N) is 4. The Bertz CT molecular complexity index is 439. The highest BCUT2D eigenvalue weighted by atomic mass is 35.5. The predicted molar refractivity (Wildman–Crippen MR) is 84.9 cm³/mol. The zero-order valence-corrected chi connectivity index (χ0v) is 13.3. The van der Waals surface area contributed by atoms with Gasteiger partial charge in [-0.1, -0.05) is 6.92 Å². The van der Waals surface area contributed by atoms with Crippen molar-refractivity contribution in [2.24, 2.45) is 5.92 Å². The number of nitrogens with one attached hydrogen (secondary N) is 1. The number of aliphatic hydroxyl groups is 1. The maximum atomic E-state index is 8.99. The van der Waals surface area contributed by atoms with Crippen LogP contribution in [0.15, 0.2) is 0 Å². The van der Waals surface area contributed by atoms with Gasteiger partial charge in [-0.2, -0.15) is 15.0 Å². The summed E-state index contributed by atoms with van der Waals surface area (Å²) in [5.74, 6) is 1.53. The van der Waals surface area contributed by atoms with Gasteiger partial charge in [0.25, 0.3) is 0 Å². The molecule has 0 aliphatic carbocycles. The summed E-state index contributed by atoms with van der Waals surface area (Å²) in [6.45, 7) is 5.00. The standard InChI is InChI=1S/C14H24ClN5O/c1-11(10-21)6-5-7-16-13-17-12(15)18-14(19-13)20-8-3-2-4-9-20/h11,21H,2-10H2,1H3,(H,16,17,18,19). The van der Waals surface area contributed by atoms with Crippen LogP contribution in [0.3, 0.4) is 0 Å². The first-order valence-corrected chi connectivity index (χ1v) is 8.08. The Morgan fingerprint density at radius 1 is 1.24 bits per heavy atom. The topological polar surface area (TPSA) is 74.2 Å². The average molecular weight is 314 g/mol. The van der Waals surface area contributed by atoms with E-state index >= 15 is 0 Å². The number of anilines is 2. The van der Waals surface area contributed by atoms with Crippen LogP contribution in [0.1, 0.15) is 39.0 Å². The van der Waals surface area contributed by atoms with Crippen molar-refractivity contribution in [3.05, 3.63) is 5.28 Å². The lowest BCUT2D eigenvalue weighted by atomic mass is 10.1. The highest BCUT2D eigenvalue weighted by Crippen LogP contribution is 2.18. The molecule has 1 aromatic heterocycles. The maximum absolute atomic E-state index is 8.99. The van der Waals surface area contributed by atoms with Gasteiger partial charge < -0.3 is 15.3 Å². The van der Waals surface area contributed by atoms with Crippen LogP contribution in [0.4, 0.5) is 11.9 Å². The van der Waals surface area contributed by atoms with Crippen molar-refractivity contribution in [2.45, 2.75) is 39.0 Å². The molecule has 2 heterocycles. The predicted octanol–water partition coefficient (Wildman–Crippen LogP) is 2.34. The molecule has 1 aliphatic rings. The first-order valence-electron chi connectivity index (χ1n) is 7.70. The number of hydrogen-bond donors (Lipinski definition) is 2. The number of rotatable bonds is 7. The fourth-order valence-electron chi connectivity index (χ4n) is 2.40. The molecule has 1 unspecified atom stereocenters. The van der Waals surface area contributed by atoms with Gasteiger partial charge in [-0.05, 0) is 49.6 Å². The Morgan fingerprint density at radius 3 is 2.71 bits per heavy atom. The lowest BCUT2D eigenvalue weighted by Gasteiger charge is -2.26. The molecule has 7 heteroatoms. The minimum atomic E-state index is 0.233. The van der Waals surface area contributed by atoms with Gasteiger partial charge in [0.2, 0.25) is 17.2 Å². The van der Waals surface area contributed by atoms with E-state index in [0.717, 1.165) is 32.5 Å². The molecule has 0 aromatic carbocycles. The first kappa shape index (κ1) is 16.2. The monoisotopic (exact) mass is 313 g/mol. The van der Waals surface area contributed by atoms with Crippen LogP contribution in [0, 0.1) is 5.92 Å². The van der Waals surface area contributed by atoms with E-state index in [9.17, 15) is 0 Å². The molecule has 21 heavy (non-hydrogen) atoms. The van der Waals surface area contributed by atoms with Crippen molar-refractivity contribution in [3.63, 3.8) is 0 Å². The van der Waals surface area contributed by atoms with Gasteiger partial charge in [0.15, 0.2) is 0 Å². The molecule has 0 amide bonds. The molecule has 0 radical (unpaired) electrons. The molecule has 1 fully saturated rings. The van der Waals surface area contributed by atoms with Crippen LogP contribution in [-0.2, 0) is 0 Å². The normalized spacial score (nSPS) is 16.8. The summed E-state index contributed by atoms with van der Waals surface area (Å²) in [7, 11) is 0. The van der Waals surface area contributed by atoms with Crippen LogP contribution in [0.5, 0.6) is 0 Å². The van der Waals surface area contributed by atoms with Crippen molar-refractivity contribution in [3.8, 4) is 0 Å². The molecule has 1 aromatic rings. The second kappa shape index (κ2) is 8.34. The van der Waals surface area contributed by atoms with Crippen molar-refractivity contribution in [1.82, 2.24) is 15.0 Å². The van der Waals surface area contributed by atoms with Gasteiger partial charge in [0, 0.05) is 26.2 Å². The average Bonchev–Trinajstić information content (AvgIpc) is 2.51. The van der Waals surface area contributed by atoms with E-state index in [2.05, 4.69) is 25.2 Å². The summed E-state index contributed by atoms with van der Waals surface area (Å²) in [6.07, 6.45) is 5.55. The van der Waals surface area contributed by atoms with Gasteiger partial charge in [-0.3, -0.25) is 0 Å². The molecule has 118 valence electrons. The van der Waals surface area contributed by atoms with E-state index in [4.69, 9.17) is 16.7 Å². The minimum Gasteiger partial charge on any atom is -0.396 e. The number of aromatic nitrogens is 3. The van der Waals surface area contributed by atoms with E-state index < -0.39 is 0 Å². The summed E-state index contributed by atoms with van der Waals surface area (Å²) in [6, 6.07) is 0. The molecule has 2 N–H and O–H groups in total. The quantitative estimate of drug-likeness (QED) is 0.753. The molecule has 0 saturated carbocycles. The van der Waals surface area contributed by atoms with E-state index in [0.29, 0.717) is 17.8 Å². The molecule has 1 atom stereocenters. The van der Waals surface area contributed by atoms with Gasteiger partial charge >= 0.3 is 0 Å². The molecule has 6 nitrogen and oxygen atoms in total. The summed E-state index contributed by atoms with van der Waals surface area (Å²) in [4.78, 5) is 15.0. The Hall–Kier alpha value is -1.14. The molecule has 1 aliphatic heterocycles. The van der Waals surface area contributed by atoms with E-state index in [1.165, 1.54) is 19.3 Å². The van der Waals surface area contributed by atoms with E-state index in [-0.39, 0.29) is 11.9 Å². The first-order chi connectivity index (χ1) is 10.2. The Kier molecular flexibility index (Phi) is 6.45. The third-order valence-electron chi connectivity index (χ3n) is 3.70. The Morgan fingerprint density at radius 2 is 2.00 bits per heavy atom. The molecule has 0 bridgehead atoms. The molecular formula is C14H24ClN5O. The third-order valence-corrected chi connectivity index (χ3v) is 3.87. The van der Waals surface area contributed by atoms with Crippen LogP contribution >= 0.6 is 11.6 Å². The second-order valence-corrected chi connectivity index (χ2v) is 5.97. The Labute approximate surface area is 131 Å². The molecule has 2 rings (SSSR count). The zero-order chi connectivity index (χ0) is 15.1. The number of hydrogen-bond acceptors (Lipinski definition) is 6. The highest BCUT2D eigenvalue weighted by Gasteiger charge is 2.15. The van der Waals surface area contributed by atoms with Crippen LogP contribution in [-0.4, -0.2) is 46.3 Å². The molecule has 0 spiro atoms. The van der Waals surface area contributed by atoms with Crippen molar-refractivity contribution < 1.29 is 5.11 Å². The SMILES string of the molecule is CC(CO)CCCNc1nc(Cl)nc(N2CCCCC2)n1. The number of halogens is 1. The fourth-order valence-corrected chi connectivity index (χ4v) is 2.55. The van der Waals surface area contributed by atoms with Crippen LogP contribution in [0.2, 0.25) is 5.28 Å². The lowest BCUT2D eigenvalue weighted by molar-refractivity contribution is 0.229. The molecule has 1 saturated heterocycles. The summed E-state index contributed by atoms with van der Waals surface area (Å²) >= 11 is 5.99. The third kappa shape index (κ3) is 5.28. The smallest absolute Gasteiger partial charge is 0.231 e.